The summed E-state index contributed by atoms with van der Waals surface area (Å²) in [4.78, 5) is 42.6. The van der Waals surface area contributed by atoms with Gasteiger partial charge in [-0.25, -0.2) is 13.8 Å². The first-order valence-corrected chi connectivity index (χ1v) is 10.8. The first-order valence-electron chi connectivity index (χ1n) is 10.8. The van der Waals surface area contributed by atoms with Gasteiger partial charge in [-0.2, -0.15) is 0 Å². The third-order valence-electron chi connectivity index (χ3n) is 5.10. The predicted octanol–water partition coefficient (Wildman–Crippen LogP) is 3.44. The highest BCUT2D eigenvalue weighted by molar-refractivity contribution is 5.97. The molecule has 178 valence electrons. The van der Waals surface area contributed by atoms with Crippen LogP contribution in [0.3, 0.4) is 0 Å². The zero-order chi connectivity index (χ0) is 24.8. The van der Waals surface area contributed by atoms with Gasteiger partial charge in [-0.05, 0) is 30.0 Å². The SMILES string of the molecule is CC(C)C[C@H](NC(=O)Cc1cc(F)cc(F)c1)C(=O)Nc1cnc(-c2ccccc2)n(C)c1=O. The van der Waals surface area contributed by atoms with Gasteiger partial charge in [0.2, 0.25) is 11.8 Å². The van der Waals surface area contributed by atoms with Gasteiger partial charge in [0.1, 0.15) is 29.2 Å². The Balaban J connectivity index is 1.76. The van der Waals surface area contributed by atoms with E-state index in [2.05, 4.69) is 15.6 Å². The number of carbonyl (C=O) groups excluding carboxylic acids is 2. The van der Waals surface area contributed by atoms with Gasteiger partial charge in [-0.15, -0.1) is 0 Å². The molecule has 0 saturated heterocycles. The Hall–Kier alpha value is -3.88. The van der Waals surface area contributed by atoms with Gasteiger partial charge in [0.15, 0.2) is 0 Å². The summed E-state index contributed by atoms with van der Waals surface area (Å²) in [6.45, 7) is 3.76. The zero-order valence-electron chi connectivity index (χ0n) is 19.1. The number of benzene rings is 2. The van der Waals surface area contributed by atoms with E-state index in [0.29, 0.717) is 18.3 Å². The highest BCUT2D eigenvalue weighted by Crippen LogP contribution is 2.16. The summed E-state index contributed by atoms with van der Waals surface area (Å²) in [5.74, 6) is -2.25. The third kappa shape index (κ3) is 6.34. The van der Waals surface area contributed by atoms with E-state index in [1.165, 1.54) is 10.8 Å². The minimum absolute atomic E-state index is 0.0256. The van der Waals surface area contributed by atoms with Gasteiger partial charge in [0, 0.05) is 18.7 Å². The van der Waals surface area contributed by atoms with Crippen LogP contribution in [-0.2, 0) is 23.1 Å². The number of carbonyl (C=O) groups is 2. The molecular weight excluding hydrogens is 442 g/mol. The molecule has 0 aliphatic carbocycles. The van der Waals surface area contributed by atoms with Crippen molar-refractivity contribution < 1.29 is 18.4 Å². The van der Waals surface area contributed by atoms with Crippen LogP contribution >= 0.6 is 0 Å². The average molecular weight is 469 g/mol. The lowest BCUT2D eigenvalue weighted by atomic mass is 10.0. The largest absolute Gasteiger partial charge is 0.344 e. The molecule has 1 heterocycles. The minimum atomic E-state index is -0.954. The average Bonchev–Trinajstić information content (AvgIpc) is 2.76. The standard InChI is InChI=1S/C25H26F2N4O3/c1-15(2)9-20(29-22(32)12-16-10-18(26)13-19(27)11-16)24(33)30-21-14-28-23(31(3)25(21)34)17-7-5-4-6-8-17/h4-8,10-11,13-15,20H,9,12H2,1-3H3,(H,29,32)(H,30,33)/t20-/m0/s1. The van der Waals surface area contributed by atoms with E-state index in [1.54, 1.807) is 7.05 Å². The van der Waals surface area contributed by atoms with Gasteiger partial charge in [-0.3, -0.25) is 19.0 Å². The van der Waals surface area contributed by atoms with Crippen LogP contribution in [0, 0.1) is 17.6 Å². The van der Waals surface area contributed by atoms with Gasteiger partial charge in [0.25, 0.3) is 5.56 Å². The topological polar surface area (TPSA) is 93.1 Å². The van der Waals surface area contributed by atoms with E-state index in [-0.39, 0.29) is 23.6 Å². The Morgan fingerprint density at radius 1 is 1.06 bits per heavy atom. The molecule has 1 atom stereocenters. The second kappa shape index (κ2) is 10.8. The fourth-order valence-electron chi connectivity index (χ4n) is 3.55. The molecule has 1 aromatic heterocycles. The van der Waals surface area contributed by atoms with Crippen LogP contribution in [-0.4, -0.2) is 27.4 Å². The molecule has 0 fully saturated rings. The summed E-state index contributed by atoms with van der Waals surface area (Å²) >= 11 is 0. The number of anilines is 1. The van der Waals surface area contributed by atoms with Crippen molar-refractivity contribution in [3.05, 3.63) is 82.3 Å². The molecule has 0 bridgehead atoms. The number of amides is 2. The second-order valence-electron chi connectivity index (χ2n) is 8.42. The summed E-state index contributed by atoms with van der Waals surface area (Å²) in [7, 11) is 1.55. The monoisotopic (exact) mass is 468 g/mol. The number of aromatic nitrogens is 2. The fourth-order valence-corrected chi connectivity index (χ4v) is 3.55. The Bertz CT molecular complexity index is 1220. The van der Waals surface area contributed by atoms with Crippen molar-refractivity contribution in [2.75, 3.05) is 5.32 Å². The molecule has 2 N–H and O–H groups in total. The molecule has 9 heteroatoms. The van der Waals surface area contributed by atoms with Crippen LogP contribution in [0.5, 0.6) is 0 Å². The molecule has 3 rings (SSSR count). The van der Waals surface area contributed by atoms with Gasteiger partial charge < -0.3 is 10.6 Å². The van der Waals surface area contributed by atoms with E-state index in [9.17, 15) is 23.2 Å². The molecule has 0 radical (unpaired) electrons. The van der Waals surface area contributed by atoms with Crippen LogP contribution in [0.4, 0.5) is 14.5 Å². The highest BCUT2D eigenvalue weighted by atomic mass is 19.1. The van der Waals surface area contributed by atoms with Gasteiger partial charge in [-0.1, -0.05) is 44.2 Å². The van der Waals surface area contributed by atoms with Crippen LogP contribution in [0.15, 0.2) is 59.5 Å². The second-order valence-corrected chi connectivity index (χ2v) is 8.42. The molecular formula is C25H26F2N4O3. The Morgan fingerprint density at radius 3 is 2.32 bits per heavy atom. The number of nitrogens with one attached hydrogen (secondary N) is 2. The summed E-state index contributed by atoms with van der Waals surface area (Å²) in [5, 5.41) is 5.16. The number of hydrogen-bond donors (Lipinski definition) is 2. The lowest BCUT2D eigenvalue weighted by Gasteiger charge is -2.20. The first kappa shape index (κ1) is 24.8. The maximum Gasteiger partial charge on any atom is 0.277 e. The van der Waals surface area contributed by atoms with Crippen molar-refractivity contribution in [1.82, 2.24) is 14.9 Å². The lowest BCUT2D eigenvalue weighted by Crippen LogP contribution is -2.46. The van der Waals surface area contributed by atoms with Crippen molar-refractivity contribution in [2.45, 2.75) is 32.7 Å². The third-order valence-corrected chi connectivity index (χ3v) is 5.10. The Labute approximate surface area is 195 Å². The van der Waals surface area contributed by atoms with Crippen LogP contribution < -0.4 is 16.2 Å². The number of rotatable bonds is 8. The van der Waals surface area contributed by atoms with Gasteiger partial charge >= 0.3 is 0 Å². The van der Waals surface area contributed by atoms with E-state index >= 15 is 0 Å². The van der Waals surface area contributed by atoms with Crippen molar-refractivity contribution in [3.63, 3.8) is 0 Å². The maximum atomic E-state index is 13.4. The molecule has 2 amide bonds. The molecule has 0 saturated carbocycles. The van der Waals surface area contributed by atoms with E-state index in [1.807, 2.05) is 44.2 Å². The fraction of sp³-hybridized carbons (Fsp3) is 0.280. The smallest absolute Gasteiger partial charge is 0.277 e. The summed E-state index contributed by atoms with van der Waals surface area (Å²) in [6.07, 6.45) is 1.28. The van der Waals surface area contributed by atoms with E-state index < -0.39 is 35.0 Å². The molecule has 0 aliphatic heterocycles. The van der Waals surface area contributed by atoms with Crippen molar-refractivity contribution in [2.24, 2.45) is 13.0 Å². The maximum absolute atomic E-state index is 13.4. The lowest BCUT2D eigenvalue weighted by molar-refractivity contribution is -0.126. The zero-order valence-corrected chi connectivity index (χ0v) is 19.1. The number of halogens is 2. The summed E-state index contributed by atoms with van der Waals surface area (Å²) < 4.78 is 28.2. The van der Waals surface area contributed by atoms with E-state index in [4.69, 9.17) is 0 Å². The predicted molar refractivity (Wildman–Crippen MR) is 125 cm³/mol. The molecule has 2 aromatic carbocycles. The molecule has 7 nitrogen and oxygen atoms in total. The number of hydrogen-bond acceptors (Lipinski definition) is 4. The van der Waals surface area contributed by atoms with Crippen LogP contribution in [0.1, 0.15) is 25.8 Å². The van der Waals surface area contributed by atoms with Crippen molar-refractivity contribution in [3.8, 4) is 11.4 Å². The molecule has 34 heavy (non-hydrogen) atoms. The Morgan fingerprint density at radius 2 is 1.71 bits per heavy atom. The van der Waals surface area contributed by atoms with Crippen molar-refractivity contribution >= 4 is 17.5 Å². The summed E-state index contributed by atoms with van der Waals surface area (Å²) in [6, 6.07) is 11.0. The molecule has 0 spiro atoms. The normalized spacial score (nSPS) is 11.8. The highest BCUT2D eigenvalue weighted by Gasteiger charge is 2.24. The van der Waals surface area contributed by atoms with E-state index in [0.717, 1.165) is 17.7 Å². The first-order chi connectivity index (χ1) is 16.1. The molecule has 0 unspecified atom stereocenters. The Kier molecular flexibility index (Phi) is 7.88. The van der Waals surface area contributed by atoms with Crippen LogP contribution in [0.2, 0.25) is 0 Å². The van der Waals surface area contributed by atoms with Gasteiger partial charge in [0.05, 0.1) is 12.6 Å². The molecule has 3 aromatic rings. The quantitative estimate of drug-likeness (QED) is 0.530. The number of nitrogens with zero attached hydrogens (tertiary/aromatic N) is 2. The van der Waals surface area contributed by atoms with Crippen LogP contribution in [0.25, 0.3) is 11.4 Å². The molecule has 0 aliphatic rings. The van der Waals surface area contributed by atoms with Crippen molar-refractivity contribution in [1.29, 1.82) is 0 Å². The summed E-state index contributed by atoms with van der Waals surface area (Å²) in [5.41, 5.74) is 0.418. The minimum Gasteiger partial charge on any atom is -0.344 e.